The molecule has 1 atom stereocenters. The van der Waals surface area contributed by atoms with E-state index in [0.29, 0.717) is 32.5 Å². The van der Waals surface area contributed by atoms with Gasteiger partial charge >= 0.3 is 12.1 Å². The summed E-state index contributed by atoms with van der Waals surface area (Å²) in [6.45, 7) is 13.8. The van der Waals surface area contributed by atoms with E-state index in [9.17, 15) is 14.4 Å². The average Bonchev–Trinajstić information content (AvgIpc) is 2.57. The highest BCUT2D eigenvalue weighted by Gasteiger charge is 2.32. The second-order valence-corrected chi connectivity index (χ2v) is 7.25. The number of carbonyl (C=O) groups is 3. The van der Waals surface area contributed by atoms with Gasteiger partial charge in [0.05, 0.1) is 5.92 Å². The molecular formula is C19H30N2O5. The molecule has 1 rings (SSSR count). The van der Waals surface area contributed by atoms with E-state index in [2.05, 4.69) is 13.2 Å². The summed E-state index contributed by atoms with van der Waals surface area (Å²) in [5.41, 5.74) is -0.587. The number of nitrogens with zero attached hydrogens (tertiary/aromatic N) is 2. The number of rotatable bonds is 7. The third kappa shape index (κ3) is 7.29. The molecule has 146 valence electrons. The average molecular weight is 366 g/mol. The topological polar surface area (TPSA) is 76.2 Å². The molecule has 0 aromatic rings. The van der Waals surface area contributed by atoms with Gasteiger partial charge in [-0.05, 0) is 33.6 Å². The molecule has 0 bridgehead atoms. The lowest BCUT2D eigenvalue weighted by molar-refractivity contribution is -0.156. The molecule has 1 aliphatic rings. The van der Waals surface area contributed by atoms with Crippen molar-refractivity contribution in [3.8, 4) is 0 Å². The second kappa shape index (κ2) is 9.99. The molecule has 1 aliphatic heterocycles. The van der Waals surface area contributed by atoms with Gasteiger partial charge in [0.2, 0.25) is 0 Å². The van der Waals surface area contributed by atoms with E-state index < -0.39 is 23.6 Å². The Bertz CT molecular complexity index is 529. The summed E-state index contributed by atoms with van der Waals surface area (Å²) >= 11 is 0. The molecule has 0 aliphatic carbocycles. The first-order valence-corrected chi connectivity index (χ1v) is 8.82. The lowest BCUT2D eigenvalue weighted by Gasteiger charge is -2.33. The number of hydrogen-bond acceptors (Lipinski definition) is 5. The lowest BCUT2D eigenvalue weighted by atomic mass is 9.98. The smallest absolute Gasteiger partial charge is 0.410 e. The molecule has 7 nitrogen and oxygen atoms in total. The van der Waals surface area contributed by atoms with Gasteiger partial charge in [0.1, 0.15) is 5.60 Å². The van der Waals surface area contributed by atoms with Gasteiger partial charge in [-0.1, -0.05) is 12.2 Å². The highest BCUT2D eigenvalue weighted by atomic mass is 16.6. The number of piperidine rings is 1. The van der Waals surface area contributed by atoms with E-state index >= 15 is 0 Å². The first kappa shape index (κ1) is 21.7. The summed E-state index contributed by atoms with van der Waals surface area (Å²) in [6, 6.07) is 0. The Morgan fingerprint density at radius 1 is 1.19 bits per heavy atom. The van der Waals surface area contributed by atoms with Crippen molar-refractivity contribution in [1.82, 2.24) is 9.80 Å². The fraction of sp³-hybridized carbons (Fsp3) is 0.632. The zero-order valence-corrected chi connectivity index (χ0v) is 16.0. The summed E-state index contributed by atoms with van der Waals surface area (Å²) in [5.74, 6) is -1.22. The molecule has 0 aromatic carbocycles. The van der Waals surface area contributed by atoms with E-state index in [4.69, 9.17) is 9.47 Å². The number of ether oxygens (including phenoxy) is 2. The van der Waals surface area contributed by atoms with Crippen LogP contribution in [0.25, 0.3) is 0 Å². The van der Waals surface area contributed by atoms with E-state index in [0.717, 1.165) is 0 Å². The highest BCUT2D eigenvalue weighted by Crippen LogP contribution is 2.20. The number of amides is 2. The first-order chi connectivity index (χ1) is 12.2. The molecule has 0 N–H and O–H groups in total. The van der Waals surface area contributed by atoms with Crippen molar-refractivity contribution in [2.24, 2.45) is 5.92 Å². The van der Waals surface area contributed by atoms with Crippen LogP contribution in [0.2, 0.25) is 0 Å². The van der Waals surface area contributed by atoms with Crippen LogP contribution in [0.5, 0.6) is 0 Å². The largest absolute Gasteiger partial charge is 0.455 e. The Morgan fingerprint density at radius 2 is 1.81 bits per heavy atom. The van der Waals surface area contributed by atoms with Crippen LogP contribution in [0.15, 0.2) is 25.3 Å². The Morgan fingerprint density at radius 3 is 2.35 bits per heavy atom. The maximum Gasteiger partial charge on any atom is 0.410 e. The summed E-state index contributed by atoms with van der Waals surface area (Å²) in [5, 5.41) is 0. The predicted octanol–water partition coefficient (Wildman–Crippen LogP) is 2.38. The van der Waals surface area contributed by atoms with Crippen LogP contribution in [0.1, 0.15) is 33.6 Å². The van der Waals surface area contributed by atoms with E-state index in [1.54, 1.807) is 32.9 Å². The second-order valence-electron chi connectivity index (χ2n) is 7.25. The van der Waals surface area contributed by atoms with Crippen LogP contribution < -0.4 is 0 Å². The molecule has 0 saturated carbocycles. The van der Waals surface area contributed by atoms with Crippen LogP contribution >= 0.6 is 0 Å². The van der Waals surface area contributed by atoms with Gasteiger partial charge in [0, 0.05) is 26.2 Å². The molecule has 2 amide bonds. The van der Waals surface area contributed by atoms with Crippen LogP contribution in [0.3, 0.4) is 0 Å². The molecule has 1 heterocycles. The molecule has 7 heteroatoms. The van der Waals surface area contributed by atoms with Crippen LogP contribution in [0.4, 0.5) is 4.79 Å². The third-order valence-corrected chi connectivity index (χ3v) is 3.80. The van der Waals surface area contributed by atoms with E-state index in [-0.39, 0.29) is 19.1 Å². The molecular weight excluding hydrogens is 336 g/mol. The van der Waals surface area contributed by atoms with Crippen molar-refractivity contribution >= 4 is 18.0 Å². The zero-order valence-electron chi connectivity index (χ0n) is 16.0. The van der Waals surface area contributed by atoms with Crippen LogP contribution in [0, 0.1) is 5.92 Å². The van der Waals surface area contributed by atoms with Gasteiger partial charge in [-0.3, -0.25) is 9.59 Å². The number of esters is 1. The first-order valence-electron chi connectivity index (χ1n) is 8.82. The van der Waals surface area contributed by atoms with Crippen molar-refractivity contribution < 1.29 is 23.9 Å². The maximum atomic E-state index is 12.3. The fourth-order valence-electron chi connectivity index (χ4n) is 2.59. The van der Waals surface area contributed by atoms with Gasteiger partial charge in [-0.25, -0.2) is 4.79 Å². The van der Waals surface area contributed by atoms with Gasteiger partial charge in [0.15, 0.2) is 6.61 Å². The summed E-state index contributed by atoms with van der Waals surface area (Å²) in [7, 11) is 0. The summed E-state index contributed by atoms with van der Waals surface area (Å²) in [6.07, 6.45) is 4.07. The van der Waals surface area contributed by atoms with Crippen molar-refractivity contribution in [2.45, 2.75) is 39.2 Å². The van der Waals surface area contributed by atoms with E-state index in [1.165, 1.54) is 9.80 Å². The standard InChI is InChI=1S/C19H30N2O5/c1-6-10-20(11-7-2)16(22)14-25-17(23)15-9-8-12-21(13-15)18(24)26-19(3,4)5/h6-7,15H,1-2,8-14H2,3-5H3. The molecule has 0 radical (unpaired) electrons. The Balaban J connectivity index is 2.53. The normalized spacial score (nSPS) is 17.2. The minimum atomic E-state index is -0.587. The fourth-order valence-corrected chi connectivity index (χ4v) is 2.59. The highest BCUT2D eigenvalue weighted by molar-refractivity contribution is 5.82. The van der Waals surface area contributed by atoms with Gasteiger partial charge in [-0.2, -0.15) is 0 Å². The quantitative estimate of drug-likeness (QED) is 0.511. The van der Waals surface area contributed by atoms with Crippen molar-refractivity contribution in [2.75, 3.05) is 32.8 Å². The van der Waals surface area contributed by atoms with Crippen LogP contribution in [-0.4, -0.2) is 66.2 Å². The lowest BCUT2D eigenvalue weighted by Crippen LogP contribution is -2.45. The molecule has 1 unspecified atom stereocenters. The summed E-state index contributed by atoms with van der Waals surface area (Å²) in [4.78, 5) is 39.5. The van der Waals surface area contributed by atoms with E-state index in [1.807, 2.05) is 0 Å². The minimum Gasteiger partial charge on any atom is -0.455 e. The molecule has 1 fully saturated rings. The Labute approximate surface area is 155 Å². The molecule has 0 aromatic heterocycles. The third-order valence-electron chi connectivity index (χ3n) is 3.80. The molecule has 1 saturated heterocycles. The zero-order chi connectivity index (χ0) is 19.7. The van der Waals surface area contributed by atoms with Crippen LogP contribution in [-0.2, 0) is 19.1 Å². The van der Waals surface area contributed by atoms with Gasteiger partial charge in [0.25, 0.3) is 5.91 Å². The number of hydrogen-bond donors (Lipinski definition) is 0. The predicted molar refractivity (Wildman–Crippen MR) is 98.5 cm³/mol. The monoisotopic (exact) mass is 366 g/mol. The SMILES string of the molecule is C=CCN(CC=C)C(=O)COC(=O)C1CCCN(C(=O)OC(C)(C)C)C1. The maximum absolute atomic E-state index is 12.3. The number of likely N-dealkylation sites (tertiary alicyclic amines) is 1. The minimum absolute atomic E-state index is 0.241. The van der Waals surface area contributed by atoms with Gasteiger partial charge < -0.3 is 19.3 Å². The van der Waals surface area contributed by atoms with Crippen molar-refractivity contribution in [1.29, 1.82) is 0 Å². The Kier molecular flexibility index (Phi) is 8.35. The Hall–Kier alpha value is -2.31. The van der Waals surface area contributed by atoms with Crippen molar-refractivity contribution in [3.05, 3.63) is 25.3 Å². The van der Waals surface area contributed by atoms with Gasteiger partial charge in [-0.15, -0.1) is 13.2 Å². The van der Waals surface area contributed by atoms with Crippen molar-refractivity contribution in [3.63, 3.8) is 0 Å². The molecule has 0 spiro atoms. The molecule has 26 heavy (non-hydrogen) atoms. The number of carbonyl (C=O) groups excluding carboxylic acids is 3. The summed E-state index contributed by atoms with van der Waals surface area (Å²) < 4.78 is 10.5.